The van der Waals surface area contributed by atoms with Gasteiger partial charge in [0.25, 0.3) is 0 Å². The van der Waals surface area contributed by atoms with Crippen LogP contribution in [-0.4, -0.2) is 40.4 Å². The second-order valence-corrected chi connectivity index (χ2v) is 4.43. The van der Waals surface area contributed by atoms with Crippen molar-refractivity contribution >= 4 is 17.0 Å². The molecule has 2 heterocycles. The third kappa shape index (κ3) is 2.04. The number of carbonyl (C=O) groups is 1. The Hall–Kier alpha value is -2.08. The molecule has 1 atom stereocenters. The van der Waals surface area contributed by atoms with E-state index in [0.717, 1.165) is 6.42 Å². The van der Waals surface area contributed by atoms with Crippen LogP contribution in [0.2, 0.25) is 0 Å². The van der Waals surface area contributed by atoms with Gasteiger partial charge in [-0.1, -0.05) is 0 Å². The molecule has 0 spiro atoms. The van der Waals surface area contributed by atoms with Gasteiger partial charge >= 0.3 is 5.97 Å². The third-order valence-electron chi connectivity index (χ3n) is 3.24. The molecule has 3 rings (SSSR count). The predicted octanol–water partition coefficient (Wildman–Crippen LogP) is 1.53. The molecule has 6 nitrogen and oxygen atoms in total. The van der Waals surface area contributed by atoms with Gasteiger partial charge in [-0.3, -0.25) is 0 Å². The standard InChI is InChI=1S/C13H14N2O4/c1-18-11-5-8(13(16)17)4-10-12(11)14-7-15(10)6-9-2-3-19-9/h4-5,7,9H,2-3,6H2,1H3,(H,16,17)/i1D3. The van der Waals surface area contributed by atoms with Crippen molar-refractivity contribution in [1.29, 1.82) is 0 Å². The van der Waals surface area contributed by atoms with Gasteiger partial charge < -0.3 is 19.1 Å². The molecule has 1 aromatic heterocycles. The van der Waals surface area contributed by atoms with E-state index in [4.69, 9.17) is 13.6 Å². The molecule has 1 saturated heterocycles. The van der Waals surface area contributed by atoms with E-state index in [2.05, 4.69) is 4.98 Å². The molecule has 0 bridgehead atoms. The molecule has 1 fully saturated rings. The topological polar surface area (TPSA) is 73.6 Å². The van der Waals surface area contributed by atoms with Crippen LogP contribution in [0.1, 0.15) is 20.9 Å². The van der Waals surface area contributed by atoms with Gasteiger partial charge in [-0.05, 0) is 18.6 Å². The Morgan fingerprint density at radius 2 is 2.58 bits per heavy atom. The smallest absolute Gasteiger partial charge is 0.335 e. The van der Waals surface area contributed by atoms with Crippen molar-refractivity contribution in [3.63, 3.8) is 0 Å². The first-order chi connectivity index (χ1) is 10.3. The first-order valence-corrected chi connectivity index (χ1v) is 5.86. The van der Waals surface area contributed by atoms with Gasteiger partial charge in [0.05, 0.1) is 41.2 Å². The lowest BCUT2D eigenvalue weighted by atomic mass is 10.1. The van der Waals surface area contributed by atoms with E-state index in [1.165, 1.54) is 18.5 Å². The van der Waals surface area contributed by atoms with Gasteiger partial charge in [0.2, 0.25) is 0 Å². The summed E-state index contributed by atoms with van der Waals surface area (Å²) in [5.41, 5.74) is 0.776. The second-order valence-electron chi connectivity index (χ2n) is 4.43. The van der Waals surface area contributed by atoms with Crippen molar-refractivity contribution in [1.82, 2.24) is 9.55 Å². The van der Waals surface area contributed by atoms with Crippen LogP contribution < -0.4 is 4.74 Å². The van der Waals surface area contributed by atoms with Crippen molar-refractivity contribution in [2.24, 2.45) is 0 Å². The predicted molar refractivity (Wildman–Crippen MR) is 67.6 cm³/mol. The lowest BCUT2D eigenvalue weighted by Gasteiger charge is -2.26. The van der Waals surface area contributed by atoms with E-state index in [9.17, 15) is 9.90 Å². The molecule has 100 valence electrons. The Morgan fingerprint density at radius 1 is 1.74 bits per heavy atom. The quantitative estimate of drug-likeness (QED) is 0.907. The molecule has 1 unspecified atom stereocenters. The van der Waals surface area contributed by atoms with Crippen LogP contribution in [0.25, 0.3) is 11.0 Å². The van der Waals surface area contributed by atoms with Crippen LogP contribution >= 0.6 is 0 Å². The lowest BCUT2D eigenvalue weighted by molar-refractivity contribution is -0.0586. The molecule has 0 saturated carbocycles. The molecule has 0 amide bonds. The van der Waals surface area contributed by atoms with Crippen molar-refractivity contribution in [2.45, 2.75) is 19.1 Å². The Labute approximate surface area is 113 Å². The maximum Gasteiger partial charge on any atom is 0.335 e. The largest absolute Gasteiger partial charge is 0.494 e. The number of carboxylic acids is 1. The first-order valence-electron chi connectivity index (χ1n) is 7.36. The van der Waals surface area contributed by atoms with Crippen molar-refractivity contribution in [3.8, 4) is 5.75 Å². The number of methoxy groups -OCH3 is 1. The van der Waals surface area contributed by atoms with Gasteiger partial charge in [-0.25, -0.2) is 9.78 Å². The van der Waals surface area contributed by atoms with Crippen LogP contribution in [0.15, 0.2) is 18.5 Å². The number of benzene rings is 1. The summed E-state index contributed by atoms with van der Waals surface area (Å²) < 4.78 is 33.6. The average molecular weight is 265 g/mol. The molecular formula is C13H14N2O4. The molecular weight excluding hydrogens is 248 g/mol. The van der Waals surface area contributed by atoms with Gasteiger partial charge in [0.1, 0.15) is 11.3 Å². The summed E-state index contributed by atoms with van der Waals surface area (Å²) in [5, 5.41) is 9.18. The Bertz CT molecular complexity index is 722. The zero-order chi connectivity index (χ0) is 15.9. The summed E-state index contributed by atoms with van der Waals surface area (Å²) in [6, 6.07) is 2.63. The molecule has 1 N–H and O–H groups in total. The lowest BCUT2D eigenvalue weighted by Crippen LogP contribution is -2.30. The fourth-order valence-corrected chi connectivity index (χ4v) is 2.13. The molecule has 0 aliphatic carbocycles. The number of rotatable bonds is 4. The summed E-state index contributed by atoms with van der Waals surface area (Å²) in [6.07, 6.45) is 2.53. The van der Waals surface area contributed by atoms with E-state index < -0.39 is 13.0 Å². The molecule has 2 aromatic rings. The summed E-state index contributed by atoms with van der Waals surface area (Å²) in [4.78, 5) is 15.4. The molecule has 19 heavy (non-hydrogen) atoms. The number of hydrogen-bond donors (Lipinski definition) is 1. The van der Waals surface area contributed by atoms with Crippen molar-refractivity contribution < 1.29 is 23.5 Å². The summed E-state index contributed by atoms with van der Waals surface area (Å²) >= 11 is 0. The van der Waals surface area contributed by atoms with Gasteiger partial charge in [-0.15, -0.1) is 0 Å². The van der Waals surface area contributed by atoms with Crippen LogP contribution in [0.4, 0.5) is 0 Å². The zero-order valence-corrected chi connectivity index (χ0v) is 10.00. The number of aromatic nitrogens is 2. The van der Waals surface area contributed by atoms with E-state index in [-0.39, 0.29) is 17.4 Å². The van der Waals surface area contributed by atoms with E-state index in [1.54, 1.807) is 4.57 Å². The number of imidazole rings is 1. The highest BCUT2D eigenvalue weighted by Gasteiger charge is 2.21. The van der Waals surface area contributed by atoms with Crippen LogP contribution in [0.5, 0.6) is 5.75 Å². The monoisotopic (exact) mass is 265 g/mol. The minimum Gasteiger partial charge on any atom is -0.494 e. The minimum absolute atomic E-state index is 0.0528. The molecule has 1 aromatic carbocycles. The first kappa shape index (κ1) is 8.92. The maximum atomic E-state index is 11.2. The minimum atomic E-state index is -2.68. The number of ether oxygens (including phenoxy) is 2. The van der Waals surface area contributed by atoms with Crippen molar-refractivity contribution in [3.05, 3.63) is 24.0 Å². The molecule has 1 aliphatic heterocycles. The Kier molecular flexibility index (Phi) is 2.14. The number of carboxylic acid groups (broad SMARTS) is 1. The van der Waals surface area contributed by atoms with Gasteiger partial charge in [0.15, 0.2) is 0 Å². The number of fused-ring (bicyclic) bond motifs is 1. The van der Waals surface area contributed by atoms with E-state index >= 15 is 0 Å². The van der Waals surface area contributed by atoms with Crippen molar-refractivity contribution in [2.75, 3.05) is 13.6 Å². The van der Waals surface area contributed by atoms with Crippen LogP contribution in [-0.2, 0) is 11.3 Å². The number of nitrogens with zero attached hydrogens (tertiary/aromatic N) is 2. The molecule has 6 heteroatoms. The number of aromatic carboxylic acids is 1. The second kappa shape index (κ2) is 4.55. The Balaban J connectivity index is 2.06. The van der Waals surface area contributed by atoms with Crippen LogP contribution in [0.3, 0.4) is 0 Å². The van der Waals surface area contributed by atoms with E-state index in [1.807, 2.05) is 0 Å². The van der Waals surface area contributed by atoms with Gasteiger partial charge in [0, 0.05) is 6.61 Å². The SMILES string of the molecule is [2H]C([2H])([2H])Oc1cc(C(=O)O)cc2c1ncn2CC1CCO1. The fourth-order valence-electron chi connectivity index (χ4n) is 2.13. The van der Waals surface area contributed by atoms with Gasteiger partial charge in [-0.2, -0.15) is 0 Å². The number of hydrogen-bond acceptors (Lipinski definition) is 4. The molecule has 1 aliphatic rings. The zero-order valence-electron chi connectivity index (χ0n) is 13.0. The molecule has 0 radical (unpaired) electrons. The summed E-state index contributed by atoms with van der Waals surface area (Å²) in [6.45, 7) is 1.25. The highest BCUT2D eigenvalue weighted by molar-refractivity contribution is 5.95. The average Bonchev–Trinajstić information content (AvgIpc) is 2.75. The third-order valence-corrected chi connectivity index (χ3v) is 3.24. The highest BCUT2D eigenvalue weighted by Crippen LogP contribution is 2.27. The van der Waals surface area contributed by atoms with E-state index in [0.29, 0.717) is 24.2 Å². The summed E-state index contributed by atoms with van der Waals surface area (Å²) in [7, 11) is -2.68. The normalized spacial score (nSPS) is 21.3. The Morgan fingerprint density at radius 3 is 3.21 bits per heavy atom. The fraction of sp³-hybridized carbons (Fsp3) is 0.385. The highest BCUT2D eigenvalue weighted by atomic mass is 16.5. The summed E-state index contributed by atoms with van der Waals surface area (Å²) in [5.74, 6) is -1.23. The maximum absolute atomic E-state index is 11.2. The van der Waals surface area contributed by atoms with Crippen LogP contribution in [0, 0.1) is 0 Å².